The van der Waals surface area contributed by atoms with Crippen molar-refractivity contribution in [1.29, 1.82) is 0 Å². The van der Waals surface area contributed by atoms with E-state index in [9.17, 15) is 4.79 Å². The summed E-state index contributed by atoms with van der Waals surface area (Å²) in [6.45, 7) is 4.72. The van der Waals surface area contributed by atoms with Crippen LogP contribution in [0.4, 0.5) is 0 Å². The Bertz CT molecular complexity index is 396. The van der Waals surface area contributed by atoms with Crippen LogP contribution in [-0.4, -0.2) is 23.5 Å². The van der Waals surface area contributed by atoms with E-state index in [0.29, 0.717) is 13.1 Å². The monoisotopic (exact) mass is 363 g/mol. The zero-order valence-electron chi connectivity index (χ0n) is 9.76. The molecule has 1 aromatic heterocycles. The van der Waals surface area contributed by atoms with Gasteiger partial charge in [0.25, 0.3) is 0 Å². The number of carbonyl (C=O) groups excluding carboxylic acids is 1. The topological polar surface area (TPSA) is 54.0 Å². The van der Waals surface area contributed by atoms with Crippen molar-refractivity contribution in [3.05, 3.63) is 26.9 Å². The molecule has 0 bridgehead atoms. The number of nitrogens with one attached hydrogen (secondary N) is 2. The summed E-state index contributed by atoms with van der Waals surface area (Å²) in [7, 11) is 0. The minimum absolute atomic E-state index is 0.00626. The standard InChI is InChI=1S/C11H15Br2N3O/c1-7(2)16-11(17)6-14-5-10-9(13)3-8(12)4-15-10/h3-4,7,14H,5-6H2,1-2H3,(H,16,17). The highest BCUT2D eigenvalue weighted by Gasteiger charge is 2.05. The molecule has 4 nitrogen and oxygen atoms in total. The molecule has 0 unspecified atom stereocenters. The lowest BCUT2D eigenvalue weighted by molar-refractivity contribution is -0.120. The number of pyridine rings is 1. The largest absolute Gasteiger partial charge is 0.353 e. The lowest BCUT2D eigenvalue weighted by Gasteiger charge is -2.09. The van der Waals surface area contributed by atoms with Crippen molar-refractivity contribution in [3.63, 3.8) is 0 Å². The van der Waals surface area contributed by atoms with Gasteiger partial charge in [0.2, 0.25) is 5.91 Å². The number of amides is 1. The first kappa shape index (κ1) is 14.6. The molecule has 0 aliphatic heterocycles. The fraction of sp³-hybridized carbons (Fsp3) is 0.455. The molecule has 0 aromatic carbocycles. The molecule has 1 amide bonds. The fourth-order valence-electron chi connectivity index (χ4n) is 1.24. The zero-order chi connectivity index (χ0) is 12.8. The SMILES string of the molecule is CC(C)NC(=O)CNCc1ncc(Br)cc1Br. The third-order valence-corrected chi connectivity index (χ3v) is 3.03. The number of rotatable bonds is 5. The van der Waals surface area contributed by atoms with Crippen LogP contribution in [0.15, 0.2) is 21.2 Å². The second-order valence-corrected chi connectivity index (χ2v) is 5.68. The molecule has 0 radical (unpaired) electrons. The molecule has 1 aromatic rings. The molecule has 0 saturated heterocycles. The molecule has 6 heteroatoms. The molecule has 1 rings (SSSR count). The highest BCUT2D eigenvalue weighted by molar-refractivity contribution is 9.11. The number of hydrogen-bond donors (Lipinski definition) is 2. The third kappa shape index (κ3) is 5.61. The summed E-state index contributed by atoms with van der Waals surface area (Å²) in [4.78, 5) is 15.6. The quantitative estimate of drug-likeness (QED) is 0.842. The predicted octanol–water partition coefficient (Wildman–Crippen LogP) is 2.22. The summed E-state index contributed by atoms with van der Waals surface area (Å²) in [6.07, 6.45) is 1.73. The van der Waals surface area contributed by atoms with Crippen LogP contribution in [0.25, 0.3) is 0 Å². The first-order chi connectivity index (χ1) is 7.99. The highest BCUT2D eigenvalue weighted by atomic mass is 79.9. The minimum atomic E-state index is -0.00626. The molecule has 0 spiro atoms. The van der Waals surface area contributed by atoms with Crippen LogP contribution in [0.3, 0.4) is 0 Å². The van der Waals surface area contributed by atoms with Gasteiger partial charge in [-0.05, 0) is 51.8 Å². The number of halogens is 2. The summed E-state index contributed by atoms with van der Waals surface area (Å²) < 4.78 is 1.84. The Kier molecular flexibility index (Phi) is 6.08. The van der Waals surface area contributed by atoms with E-state index in [2.05, 4.69) is 47.5 Å². The Balaban J connectivity index is 2.38. The maximum Gasteiger partial charge on any atom is 0.234 e. The number of carbonyl (C=O) groups is 1. The van der Waals surface area contributed by atoms with E-state index < -0.39 is 0 Å². The second kappa shape index (κ2) is 7.08. The first-order valence-corrected chi connectivity index (χ1v) is 6.87. The smallest absolute Gasteiger partial charge is 0.234 e. The maximum atomic E-state index is 11.4. The zero-order valence-corrected chi connectivity index (χ0v) is 12.9. The van der Waals surface area contributed by atoms with E-state index in [1.54, 1.807) is 6.20 Å². The number of hydrogen-bond acceptors (Lipinski definition) is 3. The molecule has 0 fully saturated rings. The van der Waals surface area contributed by atoms with Gasteiger partial charge in [-0.3, -0.25) is 9.78 Å². The summed E-state index contributed by atoms with van der Waals surface area (Å²) in [5, 5.41) is 5.86. The van der Waals surface area contributed by atoms with Gasteiger partial charge in [0.05, 0.1) is 12.2 Å². The Morgan fingerprint density at radius 2 is 2.18 bits per heavy atom. The van der Waals surface area contributed by atoms with E-state index in [0.717, 1.165) is 14.6 Å². The predicted molar refractivity (Wildman–Crippen MR) is 74.6 cm³/mol. The summed E-state index contributed by atoms with van der Waals surface area (Å²) in [5.41, 5.74) is 0.880. The van der Waals surface area contributed by atoms with E-state index in [1.165, 1.54) is 0 Å². The van der Waals surface area contributed by atoms with Crippen molar-refractivity contribution >= 4 is 37.8 Å². The van der Waals surface area contributed by atoms with Gasteiger partial charge in [-0.15, -0.1) is 0 Å². The van der Waals surface area contributed by atoms with Crippen LogP contribution in [0, 0.1) is 0 Å². The van der Waals surface area contributed by atoms with Gasteiger partial charge in [0.1, 0.15) is 0 Å². The van der Waals surface area contributed by atoms with Crippen molar-refractivity contribution in [3.8, 4) is 0 Å². The Labute approximate surface area is 118 Å². The maximum absolute atomic E-state index is 11.4. The molecule has 0 aliphatic rings. The average molecular weight is 365 g/mol. The van der Waals surface area contributed by atoms with E-state index in [4.69, 9.17) is 0 Å². The Morgan fingerprint density at radius 3 is 2.76 bits per heavy atom. The molecule has 0 atom stereocenters. The van der Waals surface area contributed by atoms with E-state index in [1.807, 2.05) is 19.9 Å². The molecular formula is C11H15Br2N3O. The van der Waals surface area contributed by atoms with Crippen LogP contribution in [-0.2, 0) is 11.3 Å². The normalized spacial score (nSPS) is 10.6. The minimum Gasteiger partial charge on any atom is -0.353 e. The first-order valence-electron chi connectivity index (χ1n) is 5.29. The molecule has 0 aliphatic carbocycles. The van der Waals surface area contributed by atoms with Gasteiger partial charge in [-0.2, -0.15) is 0 Å². The van der Waals surface area contributed by atoms with Crippen LogP contribution in [0.2, 0.25) is 0 Å². The van der Waals surface area contributed by atoms with E-state index in [-0.39, 0.29) is 11.9 Å². The van der Waals surface area contributed by atoms with Crippen molar-refractivity contribution in [1.82, 2.24) is 15.6 Å². The third-order valence-electron chi connectivity index (χ3n) is 1.91. The Morgan fingerprint density at radius 1 is 1.47 bits per heavy atom. The van der Waals surface area contributed by atoms with Gasteiger partial charge in [-0.25, -0.2) is 0 Å². The highest BCUT2D eigenvalue weighted by Crippen LogP contribution is 2.19. The van der Waals surface area contributed by atoms with Gasteiger partial charge in [-0.1, -0.05) is 0 Å². The van der Waals surface area contributed by atoms with Gasteiger partial charge in [0.15, 0.2) is 0 Å². The summed E-state index contributed by atoms with van der Waals surface area (Å²) in [5.74, 6) is -0.00626. The molecule has 0 saturated carbocycles. The van der Waals surface area contributed by atoms with Gasteiger partial charge in [0, 0.05) is 27.7 Å². The number of nitrogens with zero attached hydrogens (tertiary/aromatic N) is 1. The Hall–Kier alpha value is -0.460. The fourth-order valence-corrected chi connectivity index (χ4v) is 2.37. The molecule has 17 heavy (non-hydrogen) atoms. The van der Waals surface area contributed by atoms with Crippen molar-refractivity contribution in [2.24, 2.45) is 0 Å². The van der Waals surface area contributed by atoms with E-state index >= 15 is 0 Å². The molecule has 2 N–H and O–H groups in total. The van der Waals surface area contributed by atoms with Crippen LogP contribution >= 0.6 is 31.9 Å². The van der Waals surface area contributed by atoms with Gasteiger partial charge >= 0.3 is 0 Å². The van der Waals surface area contributed by atoms with Crippen molar-refractivity contribution < 1.29 is 4.79 Å². The van der Waals surface area contributed by atoms with Crippen LogP contribution in [0.1, 0.15) is 19.5 Å². The van der Waals surface area contributed by atoms with Crippen molar-refractivity contribution in [2.45, 2.75) is 26.4 Å². The lowest BCUT2D eigenvalue weighted by atomic mass is 10.3. The van der Waals surface area contributed by atoms with Crippen molar-refractivity contribution in [2.75, 3.05) is 6.54 Å². The average Bonchev–Trinajstić information content (AvgIpc) is 2.20. The second-order valence-electron chi connectivity index (χ2n) is 3.91. The lowest BCUT2D eigenvalue weighted by Crippen LogP contribution is -2.37. The summed E-state index contributed by atoms with van der Waals surface area (Å²) >= 11 is 6.76. The number of aromatic nitrogens is 1. The molecule has 94 valence electrons. The van der Waals surface area contributed by atoms with Crippen LogP contribution < -0.4 is 10.6 Å². The van der Waals surface area contributed by atoms with Gasteiger partial charge < -0.3 is 10.6 Å². The summed E-state index contributed by atoms with van der Waals surface area (Å²) in [6, 6.07) is 2.10. The molecular weight excluding hydrogens is 350 g/mol. The molecule has 1 heterocycles. The van der Waals surface area contributed by atoms with Crippen LogP contribution in [0.5, 0.6) is 0 Å².